The normalized spacial score (nSPS) is 13.8. The lowest BCUT2D eigenvalue weighted by molar-refractivity contribution is 0.0215. The fourth-order valence-electron chi connectivity index (χ4n) is 4.42. The molecular formula is C32H48N6O4. The molecule has 3 aromatic rings. The van der Waals surface area contributed by atoms with Crippen LogP contribution in [0.5, 0.6) is 0 Å². The Morgan fingerprint density at radius 1 is 0.976 bits per heavy atom. The number of piperidine rings is 1. The minimum absolute atomic E-state index is 0.160. The summed E-state index contributed by atoms with van der Waals surface area (Å²) in [5.41, 5.74) is 2.26. The van der Waals surface area contributed by atoms with Gasteiger partial charge in [-0.05, 0) is 72.3 Å². The third-order valence-corrected chi connectivity index (χ3v) is 6.42. The molecule has 0 unspecified atom stereocenters. The molecule has 10 nitrogen and oxygen atoms in total. The van der Waals surface area contributed by atoms with Crippen LogP contribution in [0, 0.1) is 0 Å². The number of amides is 2. The number of carbonyl (C=O) groups excluding carboxylic acids is 2. The lowest BCUT2D eigenvalue weighted by Crippen LogP contribution is -2.39. The van der Waals surface area contributed by atoms with E-state index >= 15 is 0 Å². The number of nitrogens with zero attached hydrogens (tertiary/aromatic N) is 5. The molecule has 0 bridgehead atoms. The van der Waals surface area contributed by atoms with Gasteiger partial charge < -0.3 is 19.7 Å². The van der Waals surface area contributed by atoms with Gasteiger partial charge in [0.1, 0.15) is 17.0 Å². The van der Waals surface area contributed by atoms with E-state index in [9.17, 15) is 9.59 Å². The second-order valence-corrected chi connectivity index (χ2v) is 12.8. The molecule has 4 rings (SSSR count). The summed E-state index contributed by atoms with van der Waals surface area (Å²) in [7, 11) is 1.80. The molecule has 0 radical (unpaired) electrons. The smallest absolute Gasteiger partial charge is 0.415 e. The zero-order chi connectivity index (χ0) is 31.1. The van der Waals surface area contributed by atoms with Gasteiger partial charge in [-0.15, -0.1) is 5.10 Å². The molecule has 3 heterocycles. The van der Waals surface area contributed by atoms with E-state index in [1.807, 2.05) is 84.1 Å². The predicted octanol–water partition coefficient (Wildman–Crippen LogP) is 7.24. The van der Waals surface area contributed by atoms with Gasteiger partial charge in [0.15, 0.2) is 5.65 Å². The lowest BCUT2D eigenvalue weighted by Gasteiger charge is -2.29. The Labute approximate surface area is 250 Å². The maximum atomic E-state index is 13.2. The van der Waals surface area contributed by atoms with Crippen LogP contribution in [-0.2, 0) is 16.0 Å². The van der Waals surface area contributed by atoms with Crippen LogP contribution < -0.4 is 10.2 Å². The molecule has 1 N–H and O–H groups in total. The Morgan fingerprint density at radius 3 is 2.14 bits per heavy atom. The monoisotopic (exact) mass is 580 g/mol. The van der Waals surface area contributed by atoms with Gasteiger partial charge in [-0.1, -0.05) is 44.2 Å². The largest absolute Gasteiger partial charge is 0.444 e. The van der Waals surface area contributed by atoms with Crippen molar-refractivity contribution in [3.63, 3.8) is 0 Å². The highest BCUT2D eigenvalue weighted by Crippen LogP contribution is 2.29. The maximum Gasteiger partial charge on any atom is 0.415 e. The zero-order valence-corrected chi connectivity index (χ0v) is 26.7. The molecule has 0 spiro atoms. The van der Waals surface area contributed by atoms with Crippen LogP contribution in [0.15, 0.2) is 42.6 Å². The highest BCUT2D eigenvalue weighted by Gasteiger charge is 2.27. The number of rotatable bonds is 5. The van der Waals surface area contributed by atoms with Gasteiger partial charge in [0.05, 0.1) is 24.1 Å². The summed E-state index contributed by atoms with van der Waals surface area (Å²) in [6.07, 6.45) is 4.68. The first-order valence-electron chi connectivity index (χ1n) is 14.8. The van der Waals surface area contributed by atoms with Gasteiger partial charge in [0.2, 0.25) is 0 Å². The van der Waals surface area contributed by atoms with E-state index in [0.717, 1.165) is 37.2 Å². The highest BCUT2D eigenvalue weighted by molar-refractivity contribution is 5.93. The molecule has 10 heteroatoms. The fraction of sp³-hybridized carbons (Fsp3) is 0.562. The fourth-order valence-corrected chi connectivity index (χ4v) is 4.42. The van der Waals surface area contributed by atoms with Crippen LogP contribution in [0.25, 0.3) is 5.65 Å². The molecule has 1 aromatic carbocycles. The number of ether oxygens (including phenoxy) is 2. The Kier molecular flexibility index (Phi) is 10.8. The average molecular weight is 581 g/mol. The topological polar surface area (TPSA) is 101 Å². The summed E-state index contributed by atoms with van der Waals surface area (Å²) in [5.74, 6) is 0.885. The van der Waals surface area contributed by atoms with Crippen LogP contribution in [0.3, 0.4) is 0 Å². The molecule has 0 aliphatic carbocycles. The van der Waals surface area contributed by atoms with Crippen LogP contribution in [-0.4, -0.2) is 63.0 Å². The van der Waals surface area contributed by atoms with Gasteiger partial charge in [0.25, 0.3) is 0 Å². The minimum atomic E-state index is -0.611. The van der Waals surface area contributed by atoms with Gasteiger partial charge in [-0.3, -0.25) is 4.90 Å². The number of nitrogens with one attached hydrogen (secondary N) is 1. The Balaban J connectivity index is 0.000000312. The van der Waals surface area contributed by atoms with E-state index in [1.165, 1.54) is 6.42 Å². The van der Waals surface area contributed by atoms with E-state index in [2.05, 4.69) is 29.2 Å². The van der Waals surface area contributed by atoms with Gasteiger partial charge in [-0.25, -0.2) is 19.1 Å². The van der Waals surface area contributed by atoms with Crippen LogP contribution in [0.2, 0.25) is 0 Å². The standard InChI is InChI=1S/C22H29N5O2.C10H19NO2/c1-15(2)18-13-24-20-17(12-19(23-6)25-27(18)20)26(21(28)29-22(3,4)5)14-16-10-8-7-9-11-16;1-10(2,3)13-9(12)11-7-5-4-6-8-11/h7-13,15H,14H2,1-6H3,(H,23,25);4-8H2,1-3H3. The number of hydrogen-bond donors (Lipinski definition) is 1. The Hall–Kier alpha value is -3.82. The number of anilines is 2. The average Bonchev–Trinajstić information content (AvgIpc) is 3.35. The van der Waals surface area contributed by atoms with Crippen molar-refractivity contribution in [1.29, 1.82) is 0 Å². The van der Waals surface area contributed by atoms with Crippen molar-refractivity contribution >= 4 is 29.3 Å². The Bertz CT molecular complexity index is 1320. The first-order valence-corrected chi connectivity index (χ1v) is 14.8. The summed E-state index contributed by atoms with van der Waals surface area (Å²) >= 11 is 0. The van der Waals surface area contributed by atoms with Crippen molar-refractivity contribution in [2.24, 2.45) is 0 Å². The lowest BCUT2D eigenvalue weighted by atomic mass is 10.1. The summed E-state index contributed by atoms with van der Waals surface area (Å²) < 4.78 is 12.8. The molecule has 1 fully saturated rings. The summed E-state index contributed by atoms with van der Waals surface area (Å²) in [4.78, 5) is 32.7. The van der Waals surface area contributed by atoms with Crippen molar-refractivity contribution in [3.05, 3.63) is 53.9 Å². The van der Waals surface area contributed by atoms with Gasteiger partial charge >= 0.3 is 12.2 Å². The van der Waals surface area contributed by atoms with Crippen LogP contribution in [0.1, 0.15) is 91.8 Å². The molecule has 1 aliphatic heterocycles. The van der Waals surface area contributed by atoms with E-state index in [0.29, 0.717) is 23.7 Å². The number of likely N-dealkylation sites (tertiary alicyclic amines) is 1. The molecule has 1 aliphatic rings. The number of carbonyl (C=O) groups is 2. The summed E-state index contributed by atoms with van der Waals surface area (Å²) in [6.45, 7) is 17.5. The quantitative estimate of drug-likeness (QED) is 0.339. The van der Waals surface area contributed by atoms with Gasteiger partial charge in [0, 0.05) is 26.2 Å². The Morgan fingerprint density at radius 2 is 1.60 bits per heavy atom. The molecule has 42 heavy (non-hydrogen) atoms. The third-order valence-electron chi connectivity index (χ3n) is 6.42. The third kappa shape index (κ3) is 9.36. The highest BCUT2D eigenvalue weighted by atomic mass is 16.6. The number of hydrogen-bond acceptors (Lipinski definition) is 7. The number of fused-ring (bicyclic) bond motifs is 1. The molecule has 230 valence electrons. The van der Waals surface area contributed by atoms with E-state index in [4.69, 9.17) is 9.47 Å². The van der Waals surface area contributed by atoms with E-state index < -0.39 is 11.7 Å². The number of aromatic nitrogens is 3. The molecule has 0 atom stereocenters. The van der Waals surface area contributed by atoms with Crippen molar-refractivity contribution in [2.45, 2.75) is 98.3 Å². The number of imidazole rings is 1. The van der Waals surface area contributed by atoms with E-state index in [1.54, 1.807) is 21.4 Å². The molecule has 2 amide bonds. The van der Waals surface area contributed by atoms with Crippen molar-refractivity contribution < 1.29 is 19.1 Å². The molecule has 1 saturated heterocycles. The summed E-state index contributed by atoms with van der Waals surface area (Å²) in [5, 5.41) is 7.71. The van der Waals surface area contributed by atoms with Crippen molar-refractivity contribution in [1.82, 2.24) is 19.5 Å². The second kappa shape index (κ2) is 13.9. The molecule has 2 aromatic heterocycles. The maximum absolute atomic E-state index is 13.2. The molecule has 0 saturated carbocycles. The zero-order valence-electron chi connectivity index (χ0n) is 26.7. The van der Waals surface area contributed by atoms with Crippen LogP contribution in [0.4, 0.5) is 21.1 Å². The predicted molar refractivity (Wildman–Crippen MR) is 167 cm³/mol. The van der Waals surface area contributed by atoms with Gasteiger partial charge in [-0.2, -0.15) is 0 Å². The number of benzene rings is 1. The first-order chi connectivity index (χ1) is 19.7. The van der Waals surface area contributed by atoms with E-state index in [-0.39, 0.29) is 17.6 Å². The first kappa shape index (κ1) is 32.7. The summed E-state index contributed by atoms with van der Waals surface area (Å²) in [6, 6.07) is 11.7. The second-order valence-electron chi connectivity index (χ2n) is 12.8. The van der Waals surface area contributed by atoms with Crippen molar-refractivity contribution in [2.75, 3.05) is 30.4 Å². The molecular weight excluding hydrogens is 532 g/mol. The van der Waals surface area contributed by atoms with Crippen molar-refractivity contribution in [3.8, 4) is 0 Å². The minimum Gasteiger partial charge on any atom is -0.444 e. The van der Waals surface area contributed by atoms with Crippen LogP contribution >= 0.6 is 0 Å². The SMILES string of the molecule is CC(C)(C)OC(=O)N1CCCCC1.CNc1cc(N(Cc2ccccc2)C(=O)OC(C)(C)C)c2ncc(C(C)C)n2n1.